The van der Waals surface area contributed by atoms with E-state index in [1.54, 1.807) is 0 Å². The summed E-state index contributed by atoms with van der Waals surface area (Å²) in [7, 11) is 0. The molecule has 1 aliphatic heterocycles. The number of aromatic nitrogens is 1. The number of aromatic amines is 1. The summed E-state index contributed by atoms with van der Waals surface area (Å²) in [5.74, 6) is 0.0595. The minimum Gasteiger partial charge on any atom is -0.494 e. The van der Waals surface area contributed by atoms with E-state index in [2.05, 4.69) is 24.1 Å². The monoisotopic (exact) mass is 395 g/mol. The number of unbranched alkanes of at least 4 members (excludes halogenated alkanes) is 8. The second kappa shape index (κ2) is 13.2. The molecule has 1 aromatic rings. The van der Waals surface area contributed by atoms with Gasteiger partial charge in [-0.2, -0.15) is 0 Å². The molecule has 2 atom stereocenters. The number of rotatable bonds is 16. The summed E-state index contributed by atoms with van der Waals surface area (Å²) in [5, 5.41) is 9.52. The van der Waals surface area contributed by atoms with Gasteiger partial charge < -0.3 is 9.84 Å². The van der Waals surface area contributed by atoms with Crippen LogP contribution in [0.3, 0.4) is 0 Å². The van der Waals surface area contributed by atoms with Crippen molar-refractivity contribution in [3.05, 3.63) is 26.7 Å². The largest absolute Gasteiger partial charge is 0.494 e. The fourth-order valence-corrected chi connectivity index (χ4v) is 4.31. The minimum absolute atomic E-state index is 0.0595. The molecule has 0 aliphatic carbocycles. The summed E-state index contributed by atoms with van der Waals surface area (Å²) in [6.07, 6.45) is 22.6. The lowest BCUT2D eigenvalue weighted by molar-refractivity contribution is 0.348. The van der Waals surface area contributed by atoms with Crippen LogP contribution >= 0.6 is 11.3 Å². The van der Waals surface area contributed by atoms with Crippen LogP contribution in [0.1, 0.15) is 95.3 Å². The molecule has 4 nitrogen and oxygen atoms in total. The summed E-state index contributed by atoms with van der Waals surface area (Å²) in [6.45, 7) is 2.26. The van der Waals surface area contributed by atoms with Crippen LogP contribution in [0.2, 0.25) is 0 Å². The fraction of sp³-hybridized carbons (Fsp3) is 0.773. The second-order valence-electron chi connectivity index (χ2n) is 7.70. The Balaban J connectivity index is 1.34. The van der Waals surface area contributed by atoms with Crippen molar-refractivity contribution in [1.82, 2.24) is 4.98 Å². The Morgan fingerprint density at radius 3 is 2.22 bits per heavy atom. The van der Waals surface area contributed by atoms with Crippen LogP contribution in [0.25, 0.3) is 0 Å². The summed E-state index contributed by atoms with van der Waals surface area (Å²) in [5.41, 5.74) is 0. The number of ether oxygens (including phenoxy) is 1. The first kappa shape index (κ1) is 22.2. The van der Waals surface area contributed by atoms with Crippen molar-refractivity contribution >= 4 is 11.3 Å². The zero-order valence-corrected chi connectivity index (χ0v) is 17.7. The Kier molecular flexibility index (Phi) is 10.8. The van der Waals surface area contributed by atoms with Gasteiger partial charge in [0.2, 0.25) is 5.88 Å². The Morgan fingerprint density at radius 2 is 1.59 bits per heavy atom. The molecule has 27 heavy (non-hydrogen) atoms. The molecule has 0 radical (unpaired) electrons. The first-order valence-corrected chi connectivity index (χ1v) is 11.7. The molecule has 0 spiro atoms. The average Bonchev–Trinajstić information content (AvgIpc) is 3.32. The predicted octanol–water partition coefficient (Wildman–Crippen LogP) is 6.10. The third kappa shape index (κ3) is 9.61. The third-order valence-electron chi connectivity index (χ3n) is 5.28. The lowest BCUT2D eigenvalue weighted by Gasteiger charge is -1.98. The first-order valence-electron chi connectivity index (χ1n) is 10.9. The normalized spacial score (nSPS) is 19.1. The van der Waals surface area contributed by atoms with Gasteiger partial charge in [0.15, 0.2) is 0 Å². The van der Waals surface area contributed by atoms with E-state index in [0.717, 1.165) is 41.9 Å². The lowest BCUT2D eigenvalue weighted by Crippen LogP contribution is -1.94. The number of hydrogen-bond acceptors (Lipinski definition) is 4. The van der Waals surface area contributed by atoms with Crippen molar-refractivity contribution in [2.45, 2.75) is 109 Å². The molecule has 2 rings (SSSR count). The van der Waals surface area contributed by atoms with E-state index in [4.69, 9.17) is 4.74 Å². The number of allylic oxidation sites excluding steroid dienone is 2. The maximum absolute atomic E-state index is 11.1. The van der Waals surface area contributed by atoms with Crippen LogP contribution in [-0.2, 0) is 11.2 Å². The number of H-pyrrole nitrogens is 1. The highest BCUT2D eigenvalue weighted by molar-refractivity contribution is 7.09. The molecule has 1 saturated heterocycles. The third-order valence-corrected chi connectivity index (χ3v) is 6.21. The van der Waals surface area contributed by atoms with Crippen LogP contribution in [0.5, 0.6) is 5.88 Å². The highest BCUT2D eigenvalue weighted by atomic mass is 32.1. The van der Waals surface area contributed by atoms with Gasteiger partial charge in [0, 0.05) is 0 Å². The summed E-state index contributed by atoms with van der Waals surface area (Å²) >= 11 is 1.12. The van der Waals surface area contributed by atoms with Gasteiger partial charge in [0.05, 0.1) is 17.1 Å². The molecule has 2 N–H and O–H groups in total. The zero-order valence-electron chi connectivity index (χ0n) is 16.9. The molecule has 0 saturated carbocycles. The van der Waals surface area contributed by atoms with E-state index in [-0.39, 0.29) is 10.8 Å². The molecule has 2 unspecified atom stereocenters. The molecule has 1 fully saturated rings. The van der Waals surface area contributed by atoms with Gasteiger partial charge in [-0.1, -0.05) is 68.9 Å². The molecule has 1 aliphatic rings. The summed E-state index contributed by atoms with van der Waals surface area (Å²) in [6, 6.07) is 0. The fourth-order valence-electron chi connectivity index (χ4n) is 3.55. The number of hydrogen-bond donors (Lipinski definition) is 2. The molecule has 0 aromatic carbocycles. The first-order chi connectivity index (χ1) is 13.2. The SMILES string of the molecule is CCCCCCC1OC1CCCCC=CCCCCCc1sc(=O)[nH]c1O. The van der Waals surface area contributed by atoms with E-state index in [1.807, 2.05) is 0 Å². The van der Waals surface area contributed by atoms with Crippen molar-refractivity contribution < 1.29 is 9.84 Å². The second-order valence-corrected chi connectivity index (χ2v) is 8.77. The van der Waals surface area contributed by atoms with Gasteiger partial charge in [-0.25, -0.2) is 0 Å². The van der Waals surface area contributed by atoms with Gasteiger partial charge in [0.25, 0.3) is 0 Å². The number of epoxide rings is 1. The Labute approximate surface area is 168 Å². The molecule has 0 amide bonds. The van der Waals surface area contributed by atoms with Gasteiger partial charge in [-0.05, 0) is 51.4 Å². The topological polar surface area (TPSA) is 65.6 Å². The molecule has 2 heterocycles. The number of aromatic hydroxyl groups is 1. The maximum atomic E-state index is 11.1. The van der Waals surface area contributed by atoms with E-state index < -0.39 is 0 Å². The molecule has 1 aromatic heterocycles. The van der Waals surface area contributed by atoms with Crippen LogP contribution in [0.15, 0.2) is 16.9 Å². The van der Waals surface area contributed by atoms with Crippen molar-refractivity contribution in [3.63, 3.8) is 0 Å². The minimum atomic E-state index is -0.166. The number of aryl methyl sites for hydroxylation is 1. The average molecular weight is 396 g/mol. The van der Waals surface area contributed by atoms with Gasteiger partial charge in [-0.15, -0.1) is 0 Å². The lowest BCUT2D eigenvalue weighted by atomic mass is 10.1. The quantitative estimate of drug-likeness (QED) is 0.202. The molecular formula is C22H37NO3S. The van der Waals surface area contributed by atoms with Gasteiger partial charge in [0.1, 0.15) is 0 Å². The highest BCUT2D eigenvalue weighted by Gasteiger charge is 2.36. The van der Waals surface area contributed by atoms with Gasteiger partial charge in [-0.3, -0.25) is 9.78 Å². The standard InChI is InChI=1S/C22H37NO3S/c1-2-3-4-12-15-18-19(26-18)16-13-10-8-6-5-7-9-11-14-17-20-21(24)23-22(25)27-20/h5-6,18-19,24H,2-4,7-17H2,1H3,(H,23,25). The van der Waals surface area contributed by atoms with E-state index in [9.17, 15) is 9.90 Å². The van der Waals surface area contributed by atoms with Gasteiger partial charge >= 0.3 is 4.87 Å². The van der Waals surface area contributed by atoms with E-state index in [0.29, 0.717) is 12.2 Å². The van der Waals surface area contributed by atoms with Crippen molar-refractivity contribution in [2.75, 3.05) is 0 Å². The number of thiazole rings is 1. The zero-order chi connectivity index (χ0) is 19.3. The summed E-state index contributed by atoms with van der Waals surface area (Å²) in [4.78, 5) is 14.1. The number of nitrogens with one attached hydrogen (secondary N) is 1. The van der Waals surface area contributed by atoms with E-state index in [1.165, 1.54) is 64.2 Å². The maximum Gasteiger partial charge on any atom is 0.307 e. The highest BCUT2D eigenvalue weighted by Crippen LogP contribution is 2.31. The van der Waals surface area contributed by atoms with Crippen LogP contribution in [0.4, 0.5) is 0 Å². The molecule has 154 valence electrons. The van der Waals surface area contributed by atoms with Crippen molar-refractivity contribution in [1.29, 1.82) is 0 Å². The molecular weight excluding hydrogens is 358 g/mol. The Bertz CT molecular complexity index is 593. The smallest absolute Gasteiger partial charge is 0.307 e. The van der Waals surface area contributed by atoms with Crippen LogP contribution < -0.4 is 4.87 Å². The Hall–Kier alpha value is -1.07. The van der Waals surface area contributed by atoms with Crippen molar-refractivity contribution in [3.8, 4) is 5.88 Å². The predicted molar refractivity (Wildman–Crippen MR) is 114 cm³/mol. The summed E-state index contributed by atoms with van der Waals surface area (Å²) < 4.78 is 5.77. The molecule has 0 bridgehead atoms. The van der Waals surface area contributed by atoms with Crippen LogP contribution in [0, 0.1) is 0 Å². The molecule has 5 heteroatoms. The van der Waals surface area contributed by atoms with E-state index >= 15 is 0 Å². The Morgan fingerprint density at radius 1 is 0.963 bits per heavy atom. The van der Waals surface area contributed by atoms with Crippen molar-refractivity contribution in [2.24, 2.45) is 0 Å². The van der Waals surface area contributed by atoms with Crippen LogP contribution in [-0.4, -0.2) is 22.3 Å².